The van der Waals surface area contributed by atoms with Crippen LogP contribution in [0.4, 0.5) is 5.69 Å². The highest BCUT2D eigenvalue weighted by atomic mass is 16.3. The van der Waals surface area contributed by atoms with Crippen molar-refractivity contribution >= 4 is 5.69 Å². The first kappa shape index (κ1) is 10.1. The molecule has 0 aliphatic carbocycles. The van der Waals surface area contributed by atoms with E-state index in [1.165, 1.54) is 0 Å². The highest BCUT2D eigenvalue weighted by molar-refractivity contribution is 5.37. The Morgan fingerprint density at radius 2 is 2.31 bits per heavy atom. The van der Waals surface area contributed by atoms with Gasteiger partial charge in [-0.1, -0.05) is 0 Å². The van der Waals surface area contributed by atoms with Gasteiger partial charge in [-0.25, -0.2) is 0 Å². The van der Waals surface area contributed by atoms with Gasteiger partial charge in [-0.2, -0.15) is 5.10 Å². The van der Waals surface area contributed by atoms with E-state index >= 15 is 0 Å². The predicted molar refractivity (Wildman–Crippen MR) is 52.6 cm³/mol. The zero-order valence-corrected chi connectivity index (χ0v) is 8.41. The van der Waals surface area contributed by atoms with Gasteiger partial charge in [-0.15, -0.1) is 0 Å². The van der Waals surface area contributed by atoms with E-state index in [1.54, 1.807) is 24.7 Å². The van der Waals surface area contributed by atoms with Crippen LogP contribution in [0, 0.1) is 0 Å². The molecule has 0 amide bonds. The van der Waals surface area contributed by atoms with E-state index in [4.69, 9.17) is 0 Å². The predicted octanol–water partition coefficient (Wildman–Crippen LogP) is 0.993. The molecule has 1 heterocycles. The van der Waals surface area contributed by atoms with Gasteiger partial charge in [0.05, 0.1) is 17.5 Å². The molecule has 0 bridgehead atoms. The van der Waals surface area contributed by atoms with Gasteiger partial charge in [-0.3, -0.25) is 4.68 Å². The first-order chi connectivity index (χ1) is 5.97. The van der Waals surface area contributed by atoms with Gasteiger partial charge in [0.2, 0.25) is 0 Å². The van der Waals surface area contributed by atoms with Gasteiger partial charge in [0.25, 0.3) is 0 Å². The molecule has 0 fully saturated rings. The van der Waals surface area contributed by atoms with Crippen molar-refractivity contribution in [3.63, 3.8) is 0 Å². The van der Waals surface area contributed by atoms with Gasteiger partial charge >= 0.3 is 0 Å². The van der Waals surface area contributed by atoms with Crippen LogP contribution in [0.15, 0.2) is 12.4 Å². The maximum atomic E-state index is 9.44. The SMILES string of the molecule is Cn1cc(NCCC(C)(C)O)cn1. The second kappa shape index (κ2) is 3.79. The molecule has 0 saturated carbocycles. The largest absolute Gasteiger partial charge is 0.390 e. The van der Waals surface area contributed by atoms with E-state index in [-0.39, 0.29) is 0 Å². The molecular weight excluding hydrogens is 166 g/mol. The molecule has 1 rings (SSSR count). The molecule has 4 heteroatoms. The van der Waals surface area contributed by atoms with Gasteiger partial charge in [-0.05, 0) is 20.3 Å². The highest BCUT2D eigenvalue weighted by Crippen LogP contribution is 2.08. The van der Waals surface area contributed by atoms with Gasteiger partial charge in [0.15, 0.2) is 0 Å². The van der Waals surface area contributed by atoms with E-state index < -0.39 is 5.60 Å². The molecular formula is C9H17N3O. The number of rotatable bonds is 4. The molecule has 0 saturated heterocycles. The molecule has 4 nitrogen and oxygen atoms in total. The van der Waals surface area contributed by atoms with Crippen molar-refractivity contribution in [2.24, 2.45) is 7.05 Å². The molecule has 13 heavy (non-hydrogen) atoms. The minimum absolute atomic E-state index is 0.602. The lowest BCUT2D eigenvalue weighted by Crippen LogP contribution is -2.22. The Morgan fingerprint density at radius 1 is 1.62 bits per heavy atom. The Labute approximate surface area is 78.6 Å². The van der Waals surface area contributed by atoms with Crippen LogP contribution in [0.2, 0.25) is 0 Å². The fourth-order valence-electron chi connectivity index (χ4n) is 1.03. The highest BCUT2D eigenvalue weighted by Gasteiger charge is 2.11. The number of hydrogen-bond acceptors (Lipinski definition) is 3. The summed E-state index contributed by atoms with van der Waals surface area (Å²) in [6.45, 7) is 4.37. The number of anilines is 1. The lowest BCUT2D eigenvalue weighted by molar-refractivity contribution is 0.0749. The molecule has 1 aromatic rings. The van der Waals surface area contributed by atoms with Gasteiger partial charge in [0.1, 0.15) is 0 Å². The molecule has 2 N–H and O–H groups in total. The summed E-state index contributed by atoms with van der Waals surface area (Å²) in [5.74, 6) is 0. The van der Waals surface area contributed by atoms with Crippen LogP contribution in [0.5, 0.6) is 0 Å². The minimum atomic E-state index is -0.602. The molecule has 0 aliphatic rings. The summed E-state index contributed by atoms with van der Waals surface area (Å²) in [7, 11) is 1.88. The third-order valence-electron chi connectivity index (χ3n) is 1.77. The van der Waals surface area contributed by atoms with Crippen LogP contribution in [-0.4, -0.2) is 27.0 Å². The van der Waals surface area contributed by atoms with E-state index in [0.717, 1.165) is 18.7 Å². The summed E-state index contributed by atoms with van der Waals surface area (Å²) in [5.41, 5.74) is 0.390. The first-order valence-electron chi connectivity index (χ1n) is 4.42. The van der Waals surface area contributed by atoms with Crippen molar-refractivity contribution in [3.8, 4) is 0 Å². The zero-order valence-electron chi connectivity index (χ0n) is 8.41. The summed E-state index contributed by atoms with van der Waals surface area (Å²) in [6, 6.07) is 0. The zero-order chi connectivity index (χ0) is 9.90. The van der Waals surface area contributed by atoms with E-state index in [0.29, 0.717) is 0 Å². The van der Waals surface area contributed by atoms with E-state index in [1.807, 2.05) is 13.2 Å². The van der Waals surface area contributed by atoms with Crippen molar-refractivity contribution in [2.45, 2.75) is 25.9 Å². The van der Waals surface area contributed by atoms with E-state index in [9.17, 15) is 5.11 Å². The lowest BCUT2D eigenvalue weighted by Gasteiger charge is -2.16. The molecule has 0 spiro atoms. The van der Waals surface area contributed by atoms with Crippen molar-refractivity contribution in [2.75, 3.05) is 11.9 Å². The second-order valence-electron chi connectivity index (χ2n) is 3.89. The number of aromatic nitrogens is 2. The van der Waals surface area contributed by atoms with Crippen LogP contribution in [0.1, 0.15) is 20.3 Å². The van der Waals surface area contributed by atoms with Crippen molar-refractivity contribution < 1.29 is 5.11 Å². The average Bonchev–Trinajstić information content (AvgIpc) is 2.33. The smallest absolute Gasteiger partial charge is 0.0726 e. The summed E-state index contributed by atoms with van der Waals surface area (Å²) >= 11 is 0. The molecule has 74 valence electrons. The quantitative estimate of drug-likeness (QED) is 0.732. The standard InChI is InChI=1S/C9H17N3O/c1-9(2,13)4-5-10-8-6-11-12(3)7-8/h6-7,10,13H,4-5H2,1-3H3. The molecule has 0 atom stereocenters. The number of nitrogens with zero attached hydrogens (tertiary/aromatic N) is 2. The van der Waals surface area contributed by atoms with Crippen molar-refractivity contribution in [1.29, 1.82) is 0 Å². The topological polar surface area (TPSA) is 50.1 Å². The maximum Gasteiger partial charge on any atom is 0.0726 e. The Hall–Kier alpha value is -1.03. The number of hydrogen-bond donors (Lipinski definition) is 2. The maximum absolute atomic E-state index is 9.44. The van der Waals surface area contributed by atoms with Crippen LogP contribution in [0.3, 0.4) is 0 Å². The fraction of sp³-hybridized carbons (Fsp3) is 0.667. The molecule has 0 unspecified atom stereocenters. The fourth-order valence-corrected chi connectivity index (χ4v) is 1.03. The Kier molecular flexibility index (Phi) is 2.93. The third-order valence-corrected chi connectivity index (χ3v) is 1.77. The van der Waals surface area contributed by atoms with Crippen molar-refractivity contribution in [1.82, 2.24) is 9.78 Å². The monoisotopic (exact) mass is 183 g/mol. The van der Waals surface area contributed by atoms with Crippen LogP contribution in [-0.2, 0) is 7.05 Å². The first-order valence-corrected chi connectivity index (χ1v) is 4.42. The summed E-state index contributed by atoms with van der Waals surface area (Å²) < 4.78 is 1.74. The van der Waals surface area contributed by atoms with Crippen LogP contribution < -0.4 is 5.32 Å². The second-order valence-corrected chi connectivity index (χ2v) is 3.89. The summed E-state index contributed by atoms with van der Waals surface area (Å²) in [4.78, 5) is 0. The van der Waals surface area contributed by atoms with Gasteiger partial charge < -0.3 is 10.4 Å². The van der Waals surface area contributed by atoms with Crippen LogP contribution >= 0.6 is 0 Å². The van der Waals surface area contributed by atoms with E-state index in [2.05, 4.69) is 10.4 Å². The van der Waals surface area contributed by atoms with Crippen LogP contribution in [0.25, 0.3) is 0 Å². The average molecular weight is 183 g/mol. The number of aliphatic hydroxyl groups is 1. The molecule has 0 aliphatic heterocycles. The van der Waals surface area contributed by atoms with Crippen molar-refractivity contribution in [3.05, 3.63) is 12.4 Å². The Balaban J connectivity index is 2.28. The Bertz CT molecular complexity index is 262. The normalized spacial score (nSPS) is 11.7. The van der Waals surface area contributed by atoms with Gasteiger partial charge in [0, 0.05) is 19.8 Å². The lowest BCUT2D eigenvalue weighted by atomic mass is 10.1. The molecule has 0 radical (unpaired) electrons. The minimum Gasteiger partial charge on any atom is -0.390 e. The third kappa shape index (κ3) is 3.94. The number of aryl methyl sites for hydroxylation is 1. The molecule has 0 aromatic carbocycles. The Morgan fingerprint density at radius 3 is 2.77 bits per heavy atom. The number of nitrogens with one attached hydrogen (secondary N) is 1. The molecule has 1 aromatic heterocycles. The summed E-state index contributed by atoms with van der Waals surface area (Å²) in [6.07, 6.45) is 4.40. The summed E-state index contributed by atoms with van der Waals surface area (Å²) in [5, 5.41) is 16.6.